The molecule has 0 rings (SSSR count). The Hall–Kier alpha value is -0.730. The molecule has 0 atom stereocenters. The zero-order valence-electron chi connectivity index (χ0n) is 7.69. The molecule has 0 aromatic rings. The number of unbranched alkanes of at least 4 members (excludes halogenated alkanes) is 1. The smallest absolute Gasteiger partial charge is 0.170 e. The zero-order valence-corrected chi connectivity index (χ0v) is 7.69. The number of alkyl halides is 3. The highest BCUT2D eigenvalue weighted by Gasteiger charge is 2.37. The topological polar surface area (TPSA) is 0 Å². The molecule has 75 valence electrons. The van der Waals surface area contributed by atoms with E-state index in [2.05, 4.69) is 6.58 Å². The van der Waals surface area contributed by atoms with Crippen molar-refractivity contribution < 1.29 is 13.2 Å². The quantitative estimate of drug-likeness (QED) is 0.454. The Morgan fingerprint density at radius 3 is 2.38 bits per heavy atom. The van der Waals surface area contributed by atoms with E-state index >= 15 is 0 Å². The lowest BCUT2D eigenvalue weighted by molar-refractivity contribution is -0.110. The molecule has 0 unspecified atom stereocenters. The van der Waals surface area contributed by atoms with E-state index < -0.39 is 12.1 Å². The van der Waals surface area contributed by atoms with Crippen molar-refractivity contribution in [2.75, 3.05) is 0 Å². The molecule has 0 nitrogen and oxygen atoms in total. The van der Waals surface area contributed by atoms with Crippen molar-refractivity contribution in [1.29, 1.82) is 0 Å². The van der Waals surface area contributed by atoms with Crippen molar-refractivity contribution in [3.63, 3.8) is 0 Å². The van der Waals surface area contributed by atoms with Crippen LogP contribution < -0.4 is 0 Å². The third kappa shape index (κ3) is 5.50. The van der Waals surface area contributed by atoms with Crippen LogP contribution in [0.4, 0.5) is 13.2 Å². The van der Waals surface area contributed by atoms with Gasteiger partial charge in [-0.1, -0.05) is 18.2 Å². The van der Waals surface area contributed by atoms with Crippen LogP contribution >= 0.6 is 0 Å². The van der Waals surface area contributed by atoms with E-state index in [1.165, 1.54) is 6.08 Å². The second kappa shape index (κ2) is 5.84. The van der Waals surface area contributed by atoms with Gasteiger partial charge in [-0.15, -0.1) is 6.58 Å². The Kier molecular flexibility index (Phi) is 5.51. The van der Waals surface area contributed by atoms with E-state index in [0.717, 1.165) is 6.08 Å². The van der Waals surface area contributed by atoms with Gasteiger partial charge in [-0.3, -0.25) is 0 Å². The number of rotatable bonds is 5. The molecule has 0 saturated carbocycles. The minimum Gasteiger partial charge on any atom is -0.170 e. The van der Waals surface area contributed by atoms with Gasteiger partial charge in [0.2, 0.25) is 0 Å². The molecule has 0 aliphatic carbocycles. The molecule has 0 aromatic carbocycles. The summed E-state index contributed by atoms with van der Waals surface area (Å²) < 4.78 is 36.7. The van der Waals surface area contributed by atoms with E-state index in [4.69, 9.17) is 0 Å². The molecule has 0 aliphatic rings. The molecular weight excluding hydrogens is 177 g/mol. The zero-order chi connectivity index (χ0) is 10.3. The van der Waals surface area contributed by atoms with Gasteiger partial charge in [0.25, 0.3) is 0 Å². The van der Waals surface area contributed by atoms with Crippen molar-refractivity contribution in [3.8, 4) is 0 Å². The average molecular weight is 191 g/mol. The predicted octanol–water partition coefficient (Wildman–Crippen LogP) is 4.06. The lowest BCUT2D eigenvalue weighted by Gasteiger charge is -2.14. The molecule has 3 heteroatoms. The van der Waals surface area contributed by atoms with E-state index in [1.54, 1.807) is 13.0 Å². The minimum absolute atomic E-state index is 0.0693. The van der Waals surface area contributed by atoms with Crippen LogP contribution in [-0.4, -0.2) is 6.18 Å². The fraction of sp³-hybridized carbons (Fsp3) is 0.500. The summed E-state index contributed by atoms with van der Waals surface area (Å²) in [7, 11) is 0. The van der Waals surface area contributed by atoms with E-state index in [9.17, 15) is 13.2 Å². The molecule has 0 bridgehead atoms. The summed E-state index contributed by atoms with van der Waals surface area (Å²) >= 11 is 0. The van der Waals surface area contributed by atoms with Crippen molar-refractivity contribution in [1.82, 2.24) is 0 Å². The SMILES string of the molecule is C=CCCC[C](/C=C/C)C(F)(F)F. The first-order valence-corrected chi connectivity index (χ1v) is 4.19. The maximum absolute atomic E-state index is 12.2. The summed E-state index contributed by atoms with van der Waals surface area (Å²) in [6, 6.07) is 0. The molecule has 0 aliphatic heterocycles. The molecule has 1 radical (unpaired) electrons. The van der Waals surface area contributed by atoms with Gasteiger partial charge in [0.15, 0.2) is 0 Å². The maximum Gasteiger partial charge on any atom is 0.399 e. The van der Waals surface area contributed by atoms with Crippen LogP contribution in [-0.2, 0) is 0 Å². The second-order valence-electron chi connectivity index (χ2n) is 2.70. The molecular formula is C10H14F3. The Morgan fingerprint density at radius 1 is 1.38 bits per heavy atom. The summed E-state index contributed by atoms with van der Waals surface area (Å²) in [5, 5.41) is 0. The normalized spacial score (nSPS) is 12.7. The molecule has 13 heavy (non-hydrogen) atoms. The highest BCUT2D eigenvalue weighted by molar-refractivity contribution is 5.14. The summed E-state index contributed by atoms with van der Waals surface area (Å²) in [6.45, 7) is 5.04. The number of halogens is 3. The highest BCUT2D eigenvalue weighted by Crippen LogP contribution is 2.33. The monoisotopic (exact) mass is 191 g/mol. The van der Waals surface area contributed by atoms with Crippen LogP contribution in [0.5, 0.6) is 0 Å². The van der Waals surface area contributed by atoms with Gasteiger partial charge in [0.05, 0.1) is 0 Å². The van der Waals surface area contributed by atoms with Gasteiger partial charge in [-0.2, -0.15) is 13.2 Å². The Bertz CT molecular complexity index is 167. The van der Waals surface area contributed by atoms with Gasteiger partial charge in [-0.25, -0.2) is 0 Å². The van der Waals surface area contributed by atoms with E-state index in [1.807, 2.05) is 0 Å². The van der Waals surface area contributed by atoms with Gasteiger partial charge < -0.3 is 0 Å². The minimum atomic E-state index is -4.19. The summed E-state index contributed by atoms with van der Waals surface area (Å²) in [5.41, 5.74) is 0. The van der Waals surface area contributed by atoms with Gasteiger partial charge in [-0.05, 0) is 26.2 Å². The predicted molar refractivity (Wildman–Crippen MR) is 48.2 cm³/mol. The van der Waals surface area contributed by atoms with Crippen molar-refractivity contribution in [2.24, 2.45) is 0 Å². The first-order chi connectivity index (χ1) is 6.02. The Balaban J connectivity index is 4.03. The number of hydrogen-bond donors (Lipinski definition) is 0. The highest BCUT2D eigenvalue weighted by atomic mass is 19.4. The molecule has 0 N–H and O–H groups in total. The molecule has 0 fully saturated rings. The van der Waals surface area contributed by atoms with Gasteiger partial charge in [0.1, 0.15) is 5.92 Å². The maximum atomic E-state index is 12.2. The third-order valence-electron chi connectivity index (χ3n) is 1.59. The first-order valence-electron chi connectivity index (χ1n) is 4.19. The summed E-state index contributed by atoms with van der Waals surface area (Å²) in [4.78, 5) is 0. The van der Waals surface area contributed by atoms with Crippen LogP contribution in [0.1, 0.15) is 26.2 Å². The summed E-state index contributed by atoms with van der Waals surface area (Å²) in [5.74, 6) is -0.461. The molecule has 0 spiro atoms. The van der Waals surface area contributed by atoms with Crippen LogP contribution in [0.2, 0.25) is 0 Å². The summed E-state index contributed by atoms with van der Waals surface area (Å²) in [6.07, 6.45) is 1.18. The van der Waals surface area contributed by atoms with Crippen molar-refractivity contribution >= 4 is 0 Å². The molecule has 0 amide bonds. The van der Waals surface area contributed by atoms with Crippen LogP contribution in [0.3, 0.4) is 0 Å². The number of allylic oxidation sites excluding steroid dienone is 3. The molecule has 0 saturated heterocycles. The second-order valence-corrected chi connectivity index (χ2v) is 2.70. The Morgan fingerprint density at radius 2 is 2.00 bits per heavy atom. The Labute approximate surface area is 77.1 Å². The van der Waals surface area contributed by atoms with E-state index in [-0.39, 0.29) is 6.42 Å². The van der Waals surface area contributed by atoms with Crippen molar-refractivity contribution in [2.45, 2.75) is 32.4 Å². The lowest BCUT2D eigenvalue weighted by atomic mass is 10.0. The van der Waals surface area contributed by atoms with Gasteiger partial charge in [0, 0.05) is 0 Å². The van der Waals surface area contributed by atoms with Crippen LogP contribution in [0.15, 0.2) is 24.8 Å². The third-order valence-corrected chi connectivity index (χ3v) is 1.59. The molecule has 0 heterocycles. The molecule has 0 aromatic heterocycles. The van der Waals surface area contributed by atoms with Crippen molar-refractivity contribution in [3.05, 3.63) is 30.7 Å². The average Bonchev–Trinajstić information content (AvgIpc) is 2.01. The fourth-order valence-electron chi connectivity index (χ4n) is 0.958. The fourth-order valence-corrected chi connectivity index (χ4v) is 0.958. The largest absolute Gasteiger partial charge is 0.399 e. The van der Waals surface area contributed by atoms with Gasteiger partial charge >= 0.3 is 6.18 Å². The van der Waals surface area contributed by atoms with Crippen LogP contribution in [0, 0.1) is 5.92 Å². The van der Waals surface area contributed by atoms with E-state index in [0.29, 0.717) is 12.8 Å². The lowest BCUT2D eigenvalue weighted by Crippen LogP contribution is -2.18. The number of hydrogen-bond acceptors (Lipinski definition) is 0. The standard InChI is InChI=1S/C10H14F3/c1-3-5-6-8-9(7-4-2)10(11,12)13/h3-4,7H,1,5-6,8H2,2H3/b7-4+. The van der Waals surface area contributed by atoms with Crippen LogP contribution in [0.25, 0.3) is 0 Å². The first kappa shape index (κ1) is 12.3.